The number of benzene rings is 1. The largest absolute Gasteiger partial charge is 0.511 e. The summed E-state index contributed by atoms with van der Waals surface area (Å²) in [5.74, 6) is -7.51. The van der Waals surface area contributed by atoms with Gasteiger partial charge in [-0.1, -0.05) is 0 Å². The Hall–Kier alpha value is -3.90. The minimum absolute atomic E-state index is 0.0346. The van der Waals surface area contributed by atoms with E-state index in [1.54, 1.807) is 25.1 Å². The Bertz CT molecular complexity index is 1420. The summed E-state index contributed by atoms with van der Waals surface area (Å²) in [4.78, 5) is 55.7. The zero-order chi connectivity index (χ0) is 29.4. The first kappa shape index (κ1) is 27.7. The highest BCUT2D eigenvalue weighted by atomic mass is 16.3. The maximum Gasteiger partial charge on any atom is 0.255 e. The summed E-state index contributed by atoms with van der Waals surface area (Å²) in [5, 5.41) is 47.0. The lowest BCUT2D eigenvalue weighted by molar-refractivity contribution is -0.144. The molecule has 0 bridgehead atoms. The standard InChI is InChI=1S/C28H34N4O8/c1-11(2)32-9-13(10-32)27(39)30-16-8-17(31(3)4)15-6-12-5-14-7-18(33)21(26(29)38)25(37)28(14,40)24(36)19(12)23(35)20(15)22(16)34/h8,11-14,33-34,36,40H,5-7,9-10H2,1-4H3,(H2,29,38)(H,30,39)/t12-,14+,28+/m1/s1. The Morgan fingerprint density at radius 3 is 2.38 bits per heavy atom. The predicted octanol–water partition coefficient (Wildman–Crippen LogP) is 0.925. The second-order valence-electron chi connectivity index (χ2n) is 11.7. The lowest BCUT2D eigenvalue weighted by Crippen LogP contribution is -2.57. The fraction of sp³-hybridized carbons (Fsp3) is 0.500. The van der Waals surface area contributed by atoms with Gasteiger partial charge in [0.2, 0.25) is 11.7 Å². The third-order valence-electron chi connectivity index (χ3n) is 8.79. The first-order chi connectivity index (χ1) is 18.7. The molecule has 214 valence electrons. The Kier molecular flexibility index (Phi) is 6.46. The van der Waals surface area contributed by atoms with Crippen LogP contribution in [0.5, 0.6) is 5.75 Å². The van der Waals surface area contributed by atoms with Crippen molar-refractivity contribution in [3.8, 4) is 5.75 Å². The maximum absolute atomic E-state index is 13.9. The predicted molar refractivity (Wildman–Crippen MR) is 144 cm³/mol. The van der Waals surface area contributed by atoms with Crippen molar-refractivity contribution in [2.75, 3.05) is 37.4 Å². The molecule has 1 aromatic rings. The second-order valence-corrected chi connectivity index (χ2v) is 11.7. The van der Waals surface area contributed by atoms with E-state index < -0.39 is 57.8 Å². The summed E-state index contributed by atoms with van der Waals surface area (Å²) in [6.45, 7) is 5.22. The van der Waals surface area contributed by atoms with Crippen molar-refractivity contribution in [2.24, 2.45) is 23.5 Å². The first-order valence-corrected chi connectivity index (χ1v) is 13.3. The first-order valence-electron chi connectivity index (χ1n) is 13.3. The molecule has 7 N–H and O–H groups in total. The number of fused-ring (bicyclic) bond motifs is 3. The van der Waals surface area contributed by atoms with Crippen molar-refractivity contribution in [3.63, 3.8) is 0 Å². The van der Waals surface area contributed by atoms with Crippen molar-refractivity contribution in [2.45, 2.75) is 44.8 Å². The van der Waals surface area contributed by atoms with Gasteiger partial charge in [-0.05, 0) is 44.2 Å². The minimum Gasteiger partial charge on any atom is -0.511 e. The number of amides is 2. The molecule has 40 heavy (non-hydrogen) atoms. The molecule has 12 nitrogen and oxygen atoms in total. The number of anilines is 2. The lowest BCUT2D eigenvalue weighted by atomic mass is 9.60. The van der Waals surface area contributed by atoms with Crippen molar-refractivity contribution in [1.29, 1.82) is 0 Å². The van der Waals surface area contributed by atoms with Crippen LogP contribution >= 0.6 is 0 Å². The monoisotopic (exact) mass is 554 g/mol. The molecule has 4 aliphatic rings. The van der Waals surface area contributed by atoms with Gasteiger partial charge in [0, 0.05) is 56.8 Å². The van der Waals surface area contributed by atoms with E-state index >= 15 is 0 Å². The molecule has 1 aliphatic heterocycles. The summed E-state index contributed by atoms with van der Waals surface area (Å²) in [6, 6.07) is 1.90. The highest BCUT2D eigenvalue weighted by molar-refractivity contribution is 6.24. The van der Waals surface area contributed by atoms with Crippen LogP contribution in [0.3, 0.4) is 0 Å². The number of allylic oxidation sites excluding steroid dienone is 2. The molecular weight excluding hydrogens is 520 g/mol. The number of Topliss-reactive ketones (excluding diaryl/α,β-unsaturated/α-hetero) is 2. The van der Waals surface area contributed by atoms with E-state index in [-0.39, 0.29) is 47.9 Å². The topological polar surface area (TPSA) is 194 Å². The van der Waals surface area contributed by atoms with Gasteiger partial charge < -0.3 is 36.4 Å². The molecule has 0 saturated carbocycles. The quantitative estimate of drug-likeness (QED) is 0.225. The number of carbonyl (C=O) groups excluding carboxylic acids is 4. The van der Waals surface area contributed by atoms with E-state index in [2.05, 4.69) is 10.2 Å². The summed E-state index contributed by atoms with van der Waals surface area (Å²) in [5.41, 5.74) is 2.51. The van der Waals surface area contributed by atoms with Crippen LogP contribution in [0.2, 0.25) is 0 Å². The Morgan fingerprint density at radius 1 is 1.15 bits per heavy atom. The zero-order valence-corrected chi connectivity index (χ0v) is 22.8. The third-order valence-corrected chi connectivity index (χ3v) is 8.79. The van der Waals surface area contributed by atoms with Crippen molar-refractivity contribution in [3.05, 3.63) is 39.9 Å². The van der Waals surface area contributed by atoms with Crippen LogP contribution in [0.1, 0.15) is 42.6 Å². The number of aromatic hydroxyl groups is 1. The summed E-state index contributed by atoms with van der Waals surface area (Å²) in [7, 11) is 3.51. The molecule has 3 atom stereocenters. The number of aliphatic hydroxyl groups excluding tert-OH is 2. The number of hydrogen-bond donors (Lipinski definition) is 6. The molecule has 1 aromatic carbocycles. The fourth-order valence-electron chi connectivity index (χ4n) is 6.50. The van der Waals surface area contributed by atoms with Gasteiger partial charge in [-0.15, -0.1) is 0 Å². The molecule has 1 heterocycles. The molecule has 0 unspecified atom stereocenters. The van der Waals surface area contributed by atoms with Gasteiger partial charge in [0.05, 0.1) is 17.2 Å². The van der Waals surface area contributed by atoms with Gasteiger partial charge >= 0.3 is 0 Å². The Balaban J connectivity index is 1.57. The number of nitrogens with two attached hydrogens (primary N) is 1. The summed E-state index contributed by atoms with van der Waals surface area (Å²) < 4.78 is 0. The number of likely N-dealkylation sites (tertiary alicyclic amines) is 1. The van der Waals surface area contributed by atoms with E-state index in [9.17, 15) is 39.6 Å². The number of carbonyl (C=O) groups is 4. The number of nitrogens with one attached hydrogen (secondary N) is 1. The molecule has 5 rings (SSSR count). The van der Waals surface area contributed by atoms with E-state index in [0.717, 1.165) is 0 Å². The van der Waals surface area contributed by atoms with Gasteiger partial charge in [-0.25, -0.2) is 0 Å². The van der Waals surface area contributed by atoms with Crippen LogP contribution in [-0.4, -0.2) is 87.5 Å². The number of hydrogen-bond acceptors (Lipinski definition) is 10. The normalized spacial score (nSPS) is 26.8. The summed E-state index contributed by atoms with van der Waals surface area (Å²) in [6.07, 6.45) is -0.0692. The zero-order valence-electron chi connectivity index (χ0n) is 22.8. The molecular formula is C28H34N4O8. The van der Waals surface area contributed by atoms with Crippen molar-refractivity contribution >= 4 is 34.8 Å². The van der Waals surface area contributed by atoms with Crippen molar-refractivity contribution < 1.29 is 39.6 Å². The average Bonchev–Trinajstić information content (AvgIpc) is 2.81. The van der Waals surface area contributed by atoms with Crippen LogP contribution in [-0.2, 0) is 20.8 Å². The number of phenols is 1. The highest BCUT2D eigenvalue weighted by Crippen LogP contribution is 2.53. The number of primary amides is 1. The van der Waals surface area contributed by atoms with Gasteiger partial charge in [-0.2, -0.15) is 0 Å². The van der Waals surface area contributed by atoms with E-state index in [4.69, 9.17) is 5.73 Å². The number of ketones is 2. The molecule has 1 saturated heterocycles. The molecule has 3 aliphatic carbocycles. The minimum atomic E-state index is -2.63. The van der Waals surface area contributed by atoms with Crippen LogP contribution in [0.4, 0.5) is 11.4 Å². The van der Waals surface area contributed by atoms with Crippen LogP contribution in [0, 0.1) is 17.8 Å². The second kappa shape index (κ2) is 9.34. The van der Waals surface area contributed by atoms with Gasteiger partial charge in [0.25, 0.3) is 5.91 Å². The molecule has 0 spiro atoms. The smallest absolute Gasteiger partial charge is 0.255 e. The number of aliphatic hydroxyl groups is 3. The van der Waals surface area contributed by atoms with Gasteiger partial charge in [0.1, 0.15) is 17.1 Å². The van der Waals surface area contributed by atoms with Crippen LogP contribution in [0.25, 0.3) is 0 Å². The number of nitrogens with zero attached hydrogens (tertiary/aromatic N) is 2. The van der Waals surface area contributed by atoms with Crippen LogP contribution < -0.4 is 16.0 Å². The van der Waals surface area contributed by atoms with Crippen LogP contribution in [0.15, 0.2) is 28.7 Å². The Labute approximate surface area is 230 Å². The molecule has 0 aromatic heterocycles. The van der Waals surface area contributed by atoms with Gasteiger partial charge in [0.15, 0.2) is 17.1 Å². The number of rotatable bonds is 5. The van der Waals surface area contributed by atoms with Crippen molar-refractivity contribution in [1.82, 2.24) is 4.90 Å². The molecule has 2 amide bonds. The van der Waals surface area contributed by atoms with E-state index in [1.165, 1.54) is 0 Å². The maximum atomic E-state index is 13.9. The van der Waals surface area contributed by atoms with E-state index in [1.807, 2.05) is 13.8 Å². The van der Waals surface area contributed by atoms with E-state index in [0.29, 0.717) is 30.4 Å². The molecule has 0 radical (unpaired) electrons. The molecule has 12 heteroatoms. The third kappa shape index (κ3) is 3.88. The SMILES string of the molecule is CC(C)N1CC(C(=O)Nc2cc(N(C)C)c3c(c2O)C(=O)C2=C(O)[C@]4(O)C(=O)C(C(N)=O)=C(O)C[C@@H]4C[C@@H]2C3)C1. The molecule has 1 fully saturated rings. The highest BCUT2D eigenvalue weighted by Gasteiger charge is 2.59. The lowest BCUT2D eigenvalue weighted by Gasteiger charge is -2.46. The van der Waals surface area contributed by atoms with Gasteiger partial charge in [-0.3, -0.25) is 24.1 Å². The summed E-state index contributed by atoms with van der Waals surface area (Å²) >= 11 is 0. The Morgan fingerprint density at radius 2 is 1.80 bits per heavy atom. The number of phenolic OH excluding ortho intramolecular Hbond substituents is 1. The average molecular weight is 555 g/mol. The fourth-order valence-corrected chi connectivity index (χ4v) is 6.50.